The Balaban J connectivity index is 1.97. The van der Waals surface area contributed by atoms with Gasteiger partial charge in [-0.05, 0) is 49.7 Å². The minimum Gasteiger partial charge on any atom is -0.497 e. The molecule has 5 nitrogen and oxygen atoms in total. The predicted molar refractivity (Wildman–Crippen MR) is 93.2 cm³/mol. The van der Waals surface area contributed by atoms with Crippen molar-refractivity contribution in [3.8, 4) is 11.5 Å². The predicted octanol–water partition coefficient (Wildman–Crippen LogP) is 4.32. The van der Waals surface area contributed by atoms with E-state index in [4.69, 9.17) is 13.9 Å². The van der Waals surface area contributed by atoms with Crippen molar-refractivity contribution in [2.24, 2.45) is 0 Å². The van der Waals surface area contributed by atoms with E-state index in [1.165, 1.54) is 0 Å². The fourth-order valence-electron chi connectivity index (χ4n) is 2.64. The summed E-state index contributed by atoms with van der Waals surface area (Å²) in [5, 5.41) is 3.72. The molecule has 124 valence electrons. The van der Waals surface area contributed by atoms with Crippen LogP contribution in [0, 0.1) is 13.8 Å². The Bertz CT molecular complexity index is 911. The number of nitrogens with one attached hydrogen (secondary N) is 1. The Morgan fingerprint density at radius 2 is 1.83 bits per heavy atom. The Labute approximate surface area is 140 Å². The molecule has 1 amide bonds. The van der Waals surface area contributed by atoms with Gasteiger partial charge in [0.1, 0.15) is 17.1 Å². The molecule has 0 aliphatic rings. The highest BCUT2D eigenvalue weighted by Crippen LogP contribution is 2.31. The first-order valence-corrected chi connectivity index (χ1v) is 7.56. The number of hydrogen-bond donors (Lipinski definition) is 1. The molecule has 1 heterocycles. The van der Waals surface area contributed by atoms with Gasteiger partial charge in [-0.2, -0.15) is 0 Å². The maximum absolute atomic E-state index is 12.6. The molecule has 3 rings (SSSR count). The van der Waals surface area contributed by atoms with Crippen molar-refractivity contribution >= 4 is 22.6 Å². The molecule has 0 saturated carbocycles. The summed E-state index contributed by atoms with van der Waals surface area (Å²) in [5.74, 6) is 1.29. The van der Waals surface area contributed by atoms with Crippen molar-refractivity contribution in [3.63, 3.8) is 0 Å². The van der Waals surface area contributed by atoms with Gasteiger partial charge in [0.2, 0.25) is 0 Å². The summed E-state index contributed by atoms with van der Waals surface area (Å²) in [4.78, 5) is 12.6. The molecule has 1 N–H and O–H groups in total. The quantitative estimate of drug-likeness (QED) is 0.776. The van der Waals surface area contributed by atoms with Gasteiger partial charge in [0.15, 0.2) is 5.76 Å². The van der Waals surface area contributed by atoms with E-state index < -0.39 is 0 Å². The first-order chi connectivity index (χ1) is 11.5. The molecule has 0 bridgehead atoms. The van der Waals surface area contributed by atoms with Crippen molar-refractivity contribution in [1.82, 2.24) is 0 Å². The number of methoxy groups -OCH3 is 2. The third kappa shape index (κ3) is 2.80. The Hall–Kier alpha value is -2.95. The Morgan fingerprint density at radius 3 is 2.54 bits per heavy atom. The molecule has 0 spiro atoms. The number of carbonyl (C=O) groups excluding carboxylic acids is 1. The molecule has 0 aliphatic heterocycles. The monoisotopic (exact) mass is 325 g/mol. The lowest BCUT2D eigenvalue weighted by Gasteiger charge is -2.10. The van der Waals surface area contributed by atoms with Crippen molar-refractivity contribution < 1.29 is 18.7 Å². The van der Waals surface area contributed by atoms with Gasteiger partial charge in [-0.25, -0.2) is 0 Å². The van der Waals surface area contributed by atoms with E-state index in [0.717, 1.165) is 22.3 Å². The van der Waals surface area contributed by atoms with Crippen LogP contribution in [0.25, 0.3) is 11.0 Å². The highest BCUT2D eigenvalue weighted by molar-refractivity contribution is 6.07. The number of anilines is 1. The molecule has 0 atom stereocenters. The SMILES string of the molecule is COc1ccc2oc(C(=O)Nc3cc(C)ccc3OC)c(C)c2c1. The van der Waals surface area contributed by atoms with Crippen LogP contribution in [0.2, 0.25) is 0 Å². The average Bonchev–Trinajstić information content (AvgIpc) is 2.91. The molecule has 24 heavy (non-hydrogen) atoms. The molecule has 0 radical (unpaired) electrons. The summed E-state index contributed by atoms with van der Waals surface area (Å²) in [7, 11) is 3.17. The van der Waals surface area contributed by atoms with E-state index in [-0.39, 0.29) is 11.7 Å². The number of aryl methyl sites for hydroxylation is 2. The van der Waals surface area contributed by atoms with Gasteiger partial charge < -0.3 is 19.2 Å². The maximum Gasteiger partial charge on any atom is 0.291 e. The average molecular weight is 325 g/mol. The molecule has 0 aliphatic carbocycles. The van der Waals surface area contributed by atoms with Crippen LogP contribution in [-0.2, 0) is 0 Å². The van der Waals surface area contributed by atoms with E-state index in [0.29, 0.717) is 17.0 Å². The third-order valence-corrected chi connectivity index (χ3v) is 3.95. The van der Waals surface area contributed by atoms with E-state index in [1.807, 2.05) is 38.1 Å². The van der Waals surface area contributed by atoms with E-state index in [9.17, 15) is 4.79 Å². The lowest BCUT2D eigenvalue weighted by Crippen LogP contribution is -2.13. The number of amides is 1. The van der Waals surface area contributed by atoms with Crippen LogP contribution < -0.4 is 14.8 Å². The normalized spacial score (nSPS) is 10.7. The maximum atomic E-state index is 12.6. The first-order valence-electron chi connectivity index (χ1n) is 7.56. The second kappa shape index (κ2) is 6.28. The van der Waals surface area contributed by atoms with Crippen LogP contribution in [0.3, 0.4) is 0 Å². The highest BCUT2D eigenvalue weighted by Gasteiger charge is 2.19. The molecule has 3 aromatic rings. The zero-order chi connectivity index (χ0) is 17.3. The van der Waals surface area contributed by atoms with Gasteiger partial charge in [-0.3, -0.25) is 4.79 Å². The molecule has 0 saturated heterocycles. The largest absolute Gasteiger partial charge is 0.497 e. The summed E-state index contributed by atoms with van der Waals surface area (Å²) in [6, 6.07) is 11.1. The smallest absolute Gasteiger partial charge is 0.291 e. The number of ether oxygens (including phenoxy) is 2. The van der Waals surface area contributed by atoms with Gasteiger partial charge in [-0.1, -0.05) is 6.07 Å². The summed E-state index contributed by atoms with van der Waals surface area (Å²) in [6.45, 7) is 3.81. The Kier molecular flexibility index (Phi) is 4.16. The molecule has 2 aromatic carbocycles. The van der Waals surface area contributed by atoms with Gasteiger partial charge in [-0.15, -0.1) is 0 Å². The van der Waals surface area contributed by atoms with Crippen molar-refractivity contribution in [3.05, 3.63) is 53.3 Å². The highest BCUT2D eigenvalue weighted by atomic mass is 16.5. The second-order valence-corrected chi connectivity index (χ2v) is 5.58. The summed E-state index contributed by atoms with van der Waals surface area (Å²) in [5.41, 5.74) is 3.06. The zero-order valence-electron chi connectivity index (χ0n) is 14.1. The zero-order valence-corrected chi connectivity index (χ0v) is 14.1. The lowest BCUT2D eigenvalue weighted by atomic mass is 10.1. The van der Waals surface area contributed by atoms with Crippen LogP contribution in [0.4, 0.5) is 5.69 Å². The second-order valence-electron chi connectivity index (χ2n) is 5.58. The number of carbonyl (C=O) groups is 1. The molecular formula is C19H19NO4. The molecule has 0 unspecified atom stereocenters. The molecule has 1 aromatic heterocycles. The van der Waals surface area contributed by atoms with Gasteiger partial charge in [0.05, 0.1) is 19.9 Å². The summed E-state index contributed by atoms with van der Waals surface area (Å²) >= 11 is 0. The third-order valence-electron chi connectivity index (χ3n) is 3.95. The lowest BCUT2D eigenvalue weighted by molar-refractivity contribution is 0.0997. The van der Waals surface area contributed by atoms with Crippen LogP contribution >= 0.6 is 0 Å². The van der Waals surface area contributed by atoms with E-state index in [2.05, 4.69) is 5.32 Å². The van der Waals surface area contributed by atoms with Crippen molar-refractivity contribution in [2.45, 2.75) is 13.8 Å². The summed E-state index contributed by atoms with van der Waals surface area (Å²) < 4.78 is 16.2. The minimum absolute atomic E-state index is 0.279. The Morgan fingerprint density at radius 1 is 1.04 bits per heavy atom. The number of benzene rings is 2. The standard InChI is InChI=1S/C19H19NO4/c1-11-5-7-17(23-4)15(9-11)20-19(21)18-12(2)14-10-13(22-3)6-8-16(14)24-18/h5-10H,1-4H3,(H,20,21). The van der Waals surface area contributed by atoms with Crippen LogP contribution in [0.1, 0.15) is 21.7 Å². The first kappa shape index (κ1) is 15.9. The molecule has 0 fully saturated rings. The van der Waals surface area contributed by atoms with E-state index >= 15 is 0 Å². The summed E-state index contributed by atoms with van der Waals surface area (Å²) in [6.07, 6.45) is 0. The fraction of sp³-hybridized carbons (Fsp3) is 0.211. The topological polar surface area (TPSA) is 60.7 Å². The number of hydrogen-bond acceptors (Lipinski definition) is 4. The van der Waals surface area contributed by atoms with Crippen LogP contribution in [-0.4, -0.2) is 20.1 Å². The minimum atomic E-state index is -0.313. The number of fused-ring (bicyclic) bond motifs is 1. The van der Waals surface area contributed by atoms with Gasteiger partial charge in [0, 0.05) is 10.9 Å². The molecular weight excluding hydrogens is 306 g/mol. The van der Waals surface area contributed by atoms with Crippen LogP contribution in [0.15, 0.2) is 40.8 Å². The van der Waals surface area contributed by atoms with Gasteiger partial charge in [0.25, 0.3) is 5.91 Å². The molecule has 5 heteroatoms. The van der Waals surface area contributed by atoms with Crippen molar-refractivity contribution in [2.75, 3.05) is 19.5 Å². The van der Waals surface area contributed by atoms with E-state index in [1.54, 1.807) is 26.4 Å². The van der Waals surface area contributed by atoms with Gasteiger partial charge >= 0.3 is 0 Å². The number of rotatable bonds is 4. The number of furan rings is 1. The van der Waals surface area contributed by atoms with Crippen molar-refractivity contribution in [1.29, 1.82) is 0 Å². The fourth-order valence-corrected chi connectivity index (χ4v) is 2.64. The van der Waals surface area contributed by atoms with Crippen LogP contribution in [0.5, 0.6) is 11.5 Å².